The van der Waals surface area contributed by atoms with Gasteiger partial charge < -0.3 is 14.5 Å². The number of nitrogens with zero attached hydrogens (tertiary/aromatic N) is 1. The fourth-order valence-corrected chi connectivity index (χ4v) is 2.46. The molecule has 22 heavy (non-hydrogen) atoms. The molecule has 0 fully saturated rings. The third-order valence-electron chi connectivity index (χ3n) is 3.36. The van der Waals surface area contributed by atoms with Gasteiger partial charge in [-0.1, -0.05) is 18.5 Å². The highest BCUT2D eigenvalue weighted by Gasteiger charge is 2.09. The van der Waals surface area contributed by atoms with E-state index in [0.29, 0.717) is 17.4 Å². The Balaban J connectivity index is 1.95. The molecule has 0 aliphatic heterocycles. The van der Waals surface area contributed by atoms with Gasteiger partial charge in [0.1, 0.15) is 17.3 Å². The molecular weight excluding hydrogens is 300 g/mol. The van der Waals surface area contributed by atoms with Crippen molar-refractivity contribution in [2.45, 2.75) is 13.3 Å². The number of fused-ring (bicyclic) bond motifs is 1. The van der Waals surface area contributed by atoms with Gasteiger partial charge in [-0.25, -0.2) is 4.98 Å². The molecule has 0 unspecified atom stereocenters. The topological polar surface area (TPSA) is 47.1 Å². The van der Waals surface area contributed by atoms with Crippen molar-refractivity contribution in [1.82, 2.24) is 9.97 Å². The first-order valence-corrected chi connectivity index (χ1v) is 7.55. The van der Waals surface area contributed by atoms with Crippen LogP contribution in [-0.4, -0.2) is 23.7 Å². The molecule has 0 radical (unpaired) electrons. The molecule has 0 spiro atoms. The first kappa shape index (κ1) is 14.7. The highest BCUT2D eigenvalue weighted by molar-refractivity contribution is 6.32. The molecule has 0 aliphatic rings. The first-order chi connectivity index (χ1) is 10.7. The molecule has 1 heterocycles. The number of imidazole rings is 1. The maximum absolute atomic E-state index is 6.27. The zero-order valence-electron chi connectivity index (χ0n) is 12.5. The smallest absolute Gasteiger partial charge is 0.138 e. The van der Waals surface area contributed by atoms with Crippen LogP contribution < -0.4 is 9.47 Å². The molecule has 0 saturated heterocycles. The number of aromatic nitrogens is 2. The number of H-pyrrole nitrogens is 1. The highest BCUT2D eigenvalue weighted by Crippen LogP contribution is 2.30. The van der Waals surface area contributed by atoms with E-state index in [-0.39, 0.29) is 0 Å². The quantitative estimate of drug-likeness (QED) is 0.743. The van der Waals surface area contributed by atoms with Crippen LogP contribution in [0.25, 0.3) is 22.4 Å². The lowest BCUT2D eigenvalue weighted by Gasteiger charge is -2.07. The Hall–Kier alpha value is -2.20. The van der Waals surface area contributed by atoms with E-state index < -0.39 is 0 Å². The number of nitrogens with one attached hydrogen (secondary N) is 1. The molecule has 1 aromatic heterocycles. The zero-order chi connectivity index (χ0) is 15.5. The number of hydrogen-bond acceptors (Lipinski definition) is 3. The van der Waals surface area contributed by atoms with Crippen LogP contribution in [0.1, 0.15) is 13.3 Å². The summed E-state index contributed by atoms with van der Waals surface area (Å²) in [6, 6.07) is 11.4. The van der Waals surface area contributed by atoms with Crippen LogP contribution >= 0.6 is 11.6 Å². The second-order valence-electron chi connectivity index (χ2n) is 4.96. The third-order valence-corrected chi connectivity index (χ3v) is 3.65. The van der Waals surface area contributed by atoms with Crippen LogP contribution in [0.3, 0.4) is 0 Å². The number of aromatic amines is 1. The van der Waals surface area contributed by atoms with E-state index in [1.807, 2.05) is 36.4 Å². The molecule has 114 valence electrons. The van der Waals surface area contributed by atoms with Crippen molar-refractivity contribution in [2.75, 3.05) is 13.7 Å². The van der Waals surface area contributed by atoms with Crippen LogP contribution in [0.15, 0.2) is 36.4 Å². The van der Waals surface area contributed by atoms with Crippen molar-refractivity contribution in [3.8, 4) is 22.9 Å². The minimum absolute atomic E-state index is 0.587. The number of methoxy groups -OCH3 is 1. The summed E-state index contributed by atoms with van der Waals surface area (Å²) in [5.41, 5.74) is 2.74. The molecular formula is C17H17ClN2O2. The van der Waals surface area contributed by atoms with Crippen LogP contribution in [0.2, 0.25) is 5.02 Å². The summed E-state index contributed by atoms with van der Waals surface area (Å²) >= 11 is 6.27. The summed E-state index contributed by atoms with van der Waals surface area (Å²) in [4.78, 5) is 7.87. The van der Waals surface area contributed by atoms with E-state index in [1.54, 1.807) is 7.11 Å². The maximum Gasteiger partial charge on any atom is 0.138 e. The second-order valence-corrected chi connectivity index (χ2v) is 5.37. The Bertz CT molecular complexity index is 798. The van der Waals surface area contributed by atoms with Crippen molar-refractivity contribution in [3.63, 3.8) is 0 Å². The Morgan fingerprint density at radius 3 is 2.77 bits per heavy atom. The molecule has 2 aromatic carbocycles. The van der Waals surface area contributed by atoms with Gasteiger partial charge in [0.15, 0.2) is 0 Å². The normalized spacial score (nSPS) is 10.9. The van der Waals surface area contributed by atoms with Gasteiger partial charge in [0.2, 0.25) is 0 Å². The average Bonchev–Trinajstić information content (AvgIpc) is 2.96. The largest absolute Gasteiger partial charge is 0.497 e. The van der Waals surface area contributed by atoms with E-state index in [0.717, 1.165) is 34.6 Å². The lowest BCUT2D eigenvalue weighted by molar-refractivity contribution is 0.317. The summed E-state index contributed by atoms with van der Waals surface area (Å²) in [5, 5.41) is 0.587. The Morgan fingerprint density at radius 1 is 1.18 bits per heavy atom. The SMILES string of the molecule is CCCOc1ccc(-c2nc3ccc(OC)cc3[nH]2)cc1Cl. The van der Waals surface area contributed by atoms with Gasteiger partial charge in [-0.2, -0.15) is 0 Å². The summed E-state index contributed by atoms with van der Waals surface area (Å²) in [7, 11) is 1.65. The number of ether oxygens (including phenoxy) is 2. The lowest BCUT2D eigenvalue weighted by atomic mass is 10.2. The Labute approximate surface area is 134 Å². The zero-order valence-corrected chi connectivity index (χ0v) is 13.3. The van der Waals surface area contributed by atoms with Gasteiger partial charge >= 0.3 is 0 Å². The molecule has 0 saturated carbocycles. The summed E-state index contributed by atoms with van der Waals surface area (Å²) < 4.78 is 10.8. The standard InChI is InChI=1S/C17H17ClN2O2/c1-3-8-22-16-7-4-11(9-13(16)18)17-19-14-6-5-12(21-2)10-15(14)20-17/h4-7,9-10H,3,8H2,1-2H3,(H,19,20). The van der Waals surface area contributed by atoms with E-state index in [2.05, 4.69) is 16.9 Å². The fourth-order valence-electron chi connectivity index (χ4n) is 2.23. The van der Waals surface area contributed by atoms with Crippen molar-refractivity contribution >= 4 is 22.6 Å². The fraction of sp³-hybridized carbons (Fsp3) is 0.235. The molecule has 0 atom stereocenters. The molecule has 0 amide bonds. The predicted molar refractivity (Wildman–Crippen MR) is 88.9 cm³/mol. The van der Waals surface area contributed by atoms with Crippen molar-refractivity contribution in [3.05, 3.63) is 41.4 Å². The van der Waals surface area contributed by atoms with E-state index in [4.69, 9.17) is 21.1 Å². The van der Waals surface area contributed by atoms with E-state index in [9.17, 15) is 0 Å². The minimum Gasteiger partial charge on any atom is -0.497 e. The third kappa shape index (κ3) is 2.88. The number of hydrogen-bond donors (Lipinski definition) is 1. The van der Waals surface area contributed by atoms with Gasteiger partial charge in [-0.05, 0) is 36.8 Å². The maximum atomic E-state index is 6.27. The molecule has 3 aromatic rings. The first-order valence-electron chi connectivity index (χ1n) is 7.17. The number of halogens is 1. The van der Waals surface area contributed by atoms with Crippen LogP contribution in [-0.2, 0) is 0 Å². The summed E-state index contributed by atoms with van der Waals surface area (Å²) in [6.45, 7) is 2.72. The number of benzene rings is 2. The minimum atomic E-state index is 0.587. The Morgan fingerprint density at radius 2 is 2.05 bits per heavy atom. The second kappa shape index (κ2) is 6.28. The van der Waals surface area contributed by atoms with E-state index >= 15 is 0 Å². The Kier molecular flexibility index (Phi) is 4.20. The van der Waals surface area contributed by atoms with Crippen LogP contribution in [0, 0.1) is 0 Å². The molecule has 1 N–H and O–H groups in total. The molecule has 0 aliphatic carbocycles. The predicted octanol–water partition coefficient (Wildman–Crippen LogP) is 4.68. The van der Waals surface area contributed by atoms with Gasteiger partial charge in [-0.3, -0.25) is 0 Å². The number of rotatable bonds is 5. The van der Waals surface area contributed by atoms with Crippen molar-refractivity contribution in [2.24, 2.45) is 0 Å². The van der Waals surface area contributed by atoms with Gasteiger partial charge in [0.25, 0.3) is 0 Å². The van der Waals surface area contributed by atoms with Gasteiger partial charge in [0.05, 0.1) is 29.8 Å². The van der Waals surface area contributed by atoms with E-state index in [1.165, 1.54) is 0 Å². The average molecular weight is 317 g/mol. The molecule has 5 heteroatoms. The lowest BCUT2D eigenvalue weighted by Crippen LogP contribution is -1.95. The van der Waals surface area contributed by atoms with Gasteiger partial charge in [-0.15, -0.1) is 0 Å². The highest BCUT2D eigenvalue weighted by atomic mass is 35.5. The molecule has 0 bridgehead atoms. The van der Waals surface area contributed by atoms with Crippen LogP contribution in [0.4, 0.5) is 0 Å². The van der Waals surface area contributed by atoms with Crippen molar-refractivity contribution < 1.29 is 9.47 Å². The van der Waals surface area contributed by atoms with Gasteiger partial charge in [0, 0.05) is 11.6 Å². The van der Waals surface area contributed by atoms with Crippen molar-refractivity contribution in [1.29, 1.82) is 0 Å². The summed E-state index contributed by atoms with van der Waals surface area (Å²) in [5.74, 6) is 2.27. The molecule has 4 nitrogen and oxygen atoms in total. The monoisotopic (exact) mass is 316 g/mol. The summed E-state index contributed by atoms with van der Waals surface area (Å²) in [6.07, 6.45) is 0.948. The van der Waals surface area contributed by atoms with Crippen LogP contribution in [0.5, 0.6) is 11.5 Å². The molecule has 3 rings (SSSR count).